The summed E-state index contributed by atoms with van der Waals surface area (Å²) in [6.45, 7) is 4.46. The van der Waals surface area contributed by atoms with Crippen LogP contribution in [0.4, 0.5) is 5.69 Å². The Morgan fingerprint density at radius 2 is 2.10 bits per heavy atom. The molecule has 1 rings (SSSR count). The zero-order valence-corrected chi connectivity index (χ0v) is 5.99. The fourth-order valence-corrected chi connectivity index (χ4v) is 0.617. The van der Waals surface area contributed by atoms with Crippen LogP contribution in [0.15, 0.2) is 18.7 Å². The first-order chi connectivity index (χ1) is 4.84. The van der Waals surface area contributed by atoms with Gasteiger partial charge in [-0.2, -0.15) is 0 Å². The van der Waals surface area contributed by atoms with Crippen molar-refractivity contribution >= 4 is 5.69 Å². The van der Waals surface area contributed by atoms with Crippen molar-refractivity contribution in [3.05, 3.63) is 25.6 Å². The van der Waals surface area contributed by atoms with Crippen LogP contribution in [0.2, 0.25) is 0 Å². The number of anilines is 1. The summed E-state index contributed by atoms with van der Waals surface area (Å²) in [5.41, 5.74) is 0.998. The van der Waals surface area contributed by atoms with E-state index in [0.29, 0.717) is 0 Å². The van der Waals surface area contributed by atoms with Crippen molar-refractivity contribution in [2.45, 2.75) is 0 Å². The van der Waals surface area contributed by atoms with Crippen molar-refractivity contribution in [2.75, 3.05) is 18.5 Å². The molecule has 0 aromatic carbocycles. The molecular formula is C7H10N3. The SMILES string of the molecule is [CH2]CN(C)c1cncnc1. The van der Waals surface area contributed by atoms with E-state index in [-0.39, 0.29) is 0 Å². The molecule has 0 fully saturated rings. The van der Waals surface area contributed by atoms with Crippen molar-refractivity contribution in [2.24, 2.45) is 0 Å². The maximum Gasteiger partial charge on any atom is 0.115 e. The summed E-state index contributed by atoms with van der Waals surface area (Å²) in [6.07, 6.45) is 5.04. The topological polar surface area (TPSA) is 29.0 Å². The Kier molecular flexibility index (Phi) is 2.20. The highest BCUT2D eigenvalue weighted by Crippen LogP contribution is 2.05. The molecular weight excluding hydrogens is 126 g/mol. The normalized spacial score (nSPS) is 9.40. The first-order valence-corrected chi connectivity index (χ1v) is 3.10. The van der Waals surface area contributed by atoms with E-state index in [1.807, 2.05) is 11.9 Å². The van der Waals surface area contributed by atoms with E-state index in [2.05, 4.69) is 16.9 Å². The molecule has 10 heavy (non-hydrogen) atoms. The predicted molar refractivity (Wildman–Crippen MR) is 40.7 cm³/mol. The third kappa shape index (κ3) is 1.43. The second-order valence-corrected chi connectivity index (χ2v) is 2.02. The molecule has 0 bridgehead atoms. The van der Waals surface area contributed by atoms with Gasteiger partial charge in [-0.1, -0.05) is 0 Å². The molecule has 0 spiro atoms. The molecule has 0 amide bonds. The minimum absolute atomic E-state index is 0.730. The molecule has 1 heterocycles. The van der Waals surface area contributed by atoms with E-state index < -0.39 is 0 Å². The van der Waals surface area contributed by atoms with E-state index >= 15 is 0 Å². The van der Waals surface area contributed by atoms with Gasteiger partial charge >= 0.3 is 0 Å². The van der Waals surface area contributed by atoms with Crippen LogP contribution in [0.3, 0.4) is 0 Å². The van der Waals surface area contributed by atoms with Crippen LogP contribution in [0, 0.1) is 6.92 Å². The lowest BCUT2D eigenvalue weighted by Crippen LogP contribution is -2.16. The molecule has 53 valence electrons. The van der Waals surface area contributed by atoms with Gasteiger partial charge < -0.3 is 4.90 Å². The van der Waals surface area contributed by atoms with Crippen LogP contribution in [0.1, 0.15) is 0 Å². The van der Waals surface area contributed by atoms with Gasteiger partial charge in [-0.3, -0.25) is 0 Å². The summed E-state index contributed by atoms with van der Waals surface area (Å²) < 4.78 is 0. The molecule has 0 saturated heterocycles. The number of hydrogen-bond donors (Lipinski definition) is 0. The van der Waals surface area contributed by atoms with E-state index in [1.54, 1.807) is 12.4 Å². The summed E-state index contributed by atoms with van der Waals surface area (Å²) in [5, 5.41) is 0. The van der Waals surface area contributed by atoms with Gasteiger partial charge in [0.2, 0.25) is 0 Å². The van der Waals surface area contributed by atoms with Gasteiger partial charge in [0.15, 0.2) is 0 Å². The standard InChI is InChI=1S/C7H10N3/c1-3-10(2)7-4-8-6-9-5-7/h4-6H,1,3H2,2H3. The van der Waals surface area contributed by atoms with Crippen LogP contribution in [-0.2, 0) is 0 Å². The van der Waals surface area contributed by atoms with E-state index in [9.17, 15) is 0 Å². The third-order valence-corrected chi connectivity index (χ3v) is 1.32. The van der Waals surface area contributed by atoms with Gasteiger partial charge in [0.05, 0.1) is 18.1 Å². The Bertz CT molecular complexity index is 185. The largest absolute Gasteiger partial charge is 0.372 e. The predicted octanol–water partition coefficient (Wildman–Crippen LogP) is 0.747. The lowest BCUT2D eigenvalue weighted by Gasteiger charge is -2.14. The summed E-state index contributed by atoms with van der Waals surface area (Å²) in [5.74, 6) is 0. The maximum absolute atomic E-state index is 3.87. The van der Waals surface area contributed by atoms with Crippen LogP contribution in [0.5, 0.6) is 0 Å². The fourth-order valence-electron chi connectivity index (χ4n) is 0.617. The molecule has 0 atom stereocenters. The summed E-state index contributed by atoms with van der Waals surface area (Å²) >= 11 is 0. The lowest BCUT2D eigenvalue weighted by atomic mass is 10.5. The Morgan fingerprint density at radius 3 is 2.60 bits per heavy atom. The minimum Gasteiger partial charge on any atom is -0.372 e. The van der Waals surface area contributed by atoms with Crippen molar-refractivity contribution < 1.29 is 0 Å². The second-order valence-electron chi connectivity index (χ2n) is 2.02. The van der Waals surface area contributed by atoms with Gasteiger partial charge in [-0.05, 0) is 6.92 Å². The zero-order valence-electron chi connectivity index (χ0n) is 5.99. The maximum atomic E-state index is 3.87. The highest BCUT2D eigenvalue weighted by Gasteiger charge is 1.94. The minimum atomic E-state index is 0.730. The molecule has 0 aliphatic rings. The van der Waals surface area contributed by atoms with Crippen LogP contribution in [0.25, 0.3) is 0 Å². The third-order valence-electron chi connectivity index (χ3n) is 1.32. The number of rotatable bonds is 2. The number of aromatic nitrogens is 2. The highest BCUT2D eigenvalue weighted by molar-refractivity contribution is 5.40. The molecule has 1 radical (unpaired) electrons. The second kappa shape index (κ2) is 3.15. The smallest absolute Gasteiger partial charge is 0.115 e. The average Bonchev–Trinajstić information content (AvgIpc) is 2.05. The van der Waals surface area contributed by atoms with Gasteiger partial charge in [0.25, 0.3) is 0 Å². The molecule has 0 saturated carbocycles. The van der Waals surface area contributed by atoms with E-state index in [4.69, 9.17) is 0 Å². The first kappa shape index (κ1) is 6.99. The van der Waals surface area contributed by atoms with Crippen molar-refractivity contribution in [1.82, 2.24) is 9.97 Å². The molecule has 1 aromatic rings. The van der Waals surface area contributed by atoms with Crippen LogP contribution < -0.4 is 4.90 Å². The summed E-state index contributed by atoms with van der Waals surface area (Å²) in [7, 11) is 1.95. The molecule has 0 N–H and O–H groups in total. The molecule has 3 heteroatoms. The van der Waals surface area contributed by atoms with Crippen LogP contribution >= 0.6 is 0 Å². The monoisotopic (exact) mass is 136 g/mol. The molecule has 3 nitrogen and oxygen atoms in total. The fraction of sp³-hybridized carbons (Fsp3) is 0.286. The molecule has 0 unspecified atom stereocenters. The first-order valence-electron chi connectivity index (χ1n) is 3.10. The average molecular weight is 136 g/mol. The number of hydrogen-bond acceptors (Lipinski definition) is 3. The van der Waals surface area contributed by atoms with Gasteiger partial charge in [0.1, 0.15) is 6.33 Å². The quantitative estimate of drug-likeness (QED) is 0.600. The van der Waals surface area contributed by atoms with Gasteiger partial charge in [-0.25, -0.2) is 9.97 Å². The molecule has 0 aliphatic heterocycles. The van der Waals surface area contributed by atoms with Gasteiger partial charge in [-0.15, -0.1) is 0 Å². The van der Waals surface area contributed by atoms with Crippen molar-refractivity contribution in [3.8, 4) is 0 Å². The molecule has 1 aromatic heterocycles. The van der Waals surface area contributed by atoms with Crippen molar-refractivity contribution in [3.63, 3.8) is 0 Å². The Labute approximate surface area is 60.7 Å². The highest BCUT2D eigenvalue weighted by atomic mass is 15.1. The Balaban J connectivity index is 2.75. The summed E-state index contributed by atoms with van der Waals surface area (Å²) in [6, 6.07) is 0. The van der Waals surface area contributed by atoms with E-state index in [0.717, 1.165) is 12.2 Å². The zero-order chi connectivity index (χ0) is 7.40. The van der Waals surface area contributed by atoms with E-state index in [1.165, 1.54) is 6.33 Å². The summed E-state index contributed by atoms with van der Waals surface area (Å²) in [4.78, 5) is 9.72. The molecule has 0 aliphatic carbocycles. The Hall–Kier alpha value is -1.12. The number of nitrogens with zero attached hydrogens (tertiary/aromatic N) is 3. The van der Waals surface area contributed by atoms with Gasteiger partial charge in [0, 0.05) is 13.6 Å². The van der Waals surface area contributed by atoms with Crippen molar-refractivity contribution in [1.29, 1.82) is 0 Å². The lowest BCUT2D eigenvalue weighted by molar-refractivity contribution is 0.999. The van der Waals surface area contributed by atoms with Crippen LogP contribution in [-0.4, -0.2) is 23.6 Å². The Morgan fingerprint density at radius 1 is 1.50 bits per heavy atom.